The highest BCUT2D eigenvalue weighted by molar-refractivity contribution is 7.09. The Balaban J connectivity index is 1.98. The molecular formula is C16H25F3N4S. The number of hydrogen-bond donors (Lipinski definition) is 2. The number of nitrogens with one attached hydrogen (secondary N) is 2. The lowest BCUT2D eigenvalue weighted by Crippen LogP contribution is -2.46. The Morgan fingerprint density at radius 2 is 1.96 bits per heavy atom. The van der Waals surface area contributed by atoms with Gasteiger partial charge in [-0.3, -0.25) is 0 Å². The molecule has 8 heteroatoms. The number of nitrogens with zero attached hydrogens (tertiary/aromatic N) is 2. The fourth-order valence-electron chi connectivity index (χ4n) is 3.24. The lowest BCUT2D eigenvalue weighted by Gasteiger charge is -2.32. The largest absolute Gasteiger partial charge is 0.434 e. The summed E-state index contributed by atoms with van der Waals surface area (Å²) in [6.45, 7) is 7.32. The molecule has 1 aliphatic carbocycles. The molecule has 1 aromatic heterocycles. The summed E-state index contributed by atoms with van der Waals surface area (Å²) in [4.78, 5) is 8.01. The highest BCUT2D eigenvalue weighted by Crippen LogP contribution is 2.30. The van der Waals surface area contributed by atoms with Gasteiger partial charge in [-0.25, -0.2) is 9.98 Å². The van der Waals surface area contributed by atoms with E-state index in [0.717, 1.165) is 29.6 Å². The molecule has 136 valence electrons. The van der Waals surface area contributed by atoms with Gasteiger partial charge in [0.05, 0.1) is 6.54 Å². The zero-order valence-electron chi connectivity index (χ0n) is 14.3. The topological polar surface area (TPSA) is 49.3 Å². The van der Waals surface area contributed by atoms with Crippen LogP contribution in [0.5, 0.6) is 0 Å². The van der Waals surface area contributed by atoms with E-state index in [4.69, 9.17) is 0 Å². The minimum atomic E-state index is -4.39. The van der Waals surface area contributed by atoms with Gasteiger partial charge in [0.1, 0.15) is 5.01 Å². The van der Waals surface area contributed by atoms with Gasteiger partial charge in [-0.05, 0) is 38.0 Å². The van der Waals surface area contributed by atoms with E-state index < -0.39 is 11.9 Å². The Kier molecular flexibility index (Phi) is 6.48. The third-order valence-corrected chi connectivity index (χ3v) is 4.91. The molecule has 4 nitrogen and oxygen atoms in total. The van der Waals surface area contributed by atoms with Crippen molar-refractivity contribution in [1.29, 1.82) is 0 Å². The predicted octanol–water partition coefficient (Wildman–Crippen LogP) is 4.04. The van der Waals surface area contributed by atoms with Crippen LogP contribution in [-0.4, -0.2) is 23.5 Å². The number of thiazole rings is 1. The van der Waals surface area contributed by atoms with Crippen molar-refractivity contribution in [3.63, 3.8) is 0 Å². The zero-order chi connectivity index (χ0) is 17.7. The molecule has 1 saturated carbocycles. The second kappa shape index (κ2) is 8.18. The van der Waals surface area contributed by atoms with Gasteiger partial charge in [-0.1, -0.05) is 13.8 Å². The summed E-state index contributed by atoms with van der Waals surface area (Å²) in [5.41, 5.74) is -0.842. The normalized spacial score (nSPS) is 25.6. The van der Waals surface area contributed by atoms with Crippen molar-refractivity contribution in [3.05, 3.63) is 16.1 Å². The summed E-state index contributed by atoms with van der Waals surface area (Å²) in [6.07, 6.45) is -0.977. The monoisotopic (exact) mass is 362 g/mol. The summed E-state index contributed by atoms with van der Waals surface area (Å²) in [7, 11) is 0. The molecule has 1 aliphatic rings. The van der Waals surface area contributed by atoms with E-state index in [1.54, 1.807) is 0 Å². The van der Waals surface area contributed by atoms with Crippen molar-refractivity contribution >= 4 is 17.3 Å². The van der Waals surface area contributed by atoms with E-state index in [1.165, 1.54) is 6.42 Å². The van der Waals surface area contributed by atoms with Crippen molar-refractivity contribution in [2.45, 2.75) is 58.8 Å². The van der Waals surface area contributed by atoms with E-state index >= 15 is 0 Å². The first-order valence-electron chi connectivity index (χ1n) is 8.34. The molecule has 2 unspecified atom stereocenters. The van der Waals surface area contributed by atoms with Crippen LogP contribution in [0.2, 0.25) is 0 Å². The molecule has 2 rings (SSSR count). The first kappa shape index (κ1) is 19.0. The van der Waals surface area contributed by atoms with Gasteiger partial charge in [0, 0.05) is 18.0 Å². The summed E-state index contributed by atoms with van der Waals surface area (Å²) in [6, 6.07) is 0.351. The van der Waals surface area contributed by atoms with Crippen molar-refractivity contribution in [1.82, 2.24) is 15.6 Å². The van der Waals surface area contributed by atoms with Crippen LogP contribution in [0, 0.1) is 11.8 Å². The second-order valence-electron chi connectivity index (χ2n) is 6.58. The Morgan fingerprint density at radius 3 is 2.50 bits per heavy atom. The number of halogens is 3. The Bertz CT molecular complexity index is 546. The number of aromatic nitrogens is 1. The lowest BCUT2D eigenvalue weighted by atomic mass is 9.80. The smallest absolute Gasteiger partial charge is 0.357 e. The third-order valence-electron chi connectivity index (χ3n) is 4.08. The van der Waals surface area contributed by atoms with Gasteiger partial charge >= 0.3 is 6.18 Å². The van der Waals surface area contributed by atoms with E-state index in [9.17, 15) is 13.2 Å². The fraction of sp³-hybridized carbons (Fsp3) is 0.750. The lowest BCUT2D eigenvalue weighted by molar-refractivity contribution is -0.140. The van der Waals surface area contributed by atoms with Crippen LogP contribution in [-0.2, 0) is 12.7 Å². The van der Waals surface area contributed by atoms with Crippen molar-refractivity contribution in [3.8, 4) is 0 Å². The highest BCUT2D eigenvalue weighted by atomic mass is 32.1. The van der Waals surface area contributed by atoms with Crippen LogP contribution in [0.3, 0.4) is 0 Å². The molecule has 2 N–H and O–H groups in total. The molecule has 24 heavy (non-hydrogen) atoms. The Morgan fingerprint density at radius 1 is 1.29 bits per heavy atom. The molecule has 0 saturated heterocycles. The average Bonchev–Trinajstić information content (AvgIpc) is 2.93. The van der Waals surface area contributed by atoms with Crippen molar-refractivity contribution in [2.24, 2.45) is 16.8 Å². The van der Waals surface area contributed by atoms with Crippen LogP contribution >= 0.6 is 11.3 Å². The predicted molar refractivity (Wildman–Crippen MR) is 91.0 cm³/mol. The molecular weight excluding hydrogens is 337 g/mol. The van der Waals surface area contributed by atoms with E-state index in [0.29, 0.717) is 35.4 Å². The first-order valence-corrected chi connectivity index (χ1v) is 9.22. The number of alkyl halides is 3. The van der Waals surface area contributed by atoms with Gasteiger partial charge in [0.2, 0.25) is 0 Å². The number of rotatable bonds is 4. The SMILES string of the molecule is CCNC(=NCc1nc(C(F)(F)F)cs1)NC1CC(C)CC(C)C1. The van der Waals surface area contributed by atoms with Crippen LogP contribution in [0.15, 0.2) is 10.4 Å². The summed E-state index contributed by atoms with van der Waals surface area (Å²) >= 11 is 0.990. The van der Waals surface area contributed by atoms with Crippen molar-refractivity contribution < 1.29 is 13.2 Å². The van der Waals surface area contributed by atoms with Gasteiger partial charge < -0.3 is 10.6 Å². The highest BCUT2D eigenvalue weighted by Gasteiger charge is 2.33. The molecule has 1 fully saturated rings. The van der Waals surface area contributed by atoms with Gasteiger partial charge in [-0.15, -0.1) is 11.3 Å². The van der Waals surface area contributed by atoms with E-state index in [1.807, 2.05) is 6.92 Å². The summed E-state index contributed by atoms with van der Waals surface area (Å²) in [5.74, 6) is 1.98. The molecule has 2 atom stereocenters. The molecule has 0 aromatic carbocycles. The maximum Gasteiger partial charge on any atom is 0.434 e. The van der Waals surface area contributed by atoms with Gasteiger partial charge in [0.25, 0.3) is 0 Å². The van der Waals surface area contributed by atoms with Gasteiger partial charge in [-0.2, -0.15) is 13.2 Å². The minimum Gasteiger partial charge on any atom is -0.357 e. The van der Waals surface area contributed by atoms with Gasteiger partial charge in [0.15, 0.2) is 11.7 Å². The Labute approximate surface area is 145 Å². The van der Waals surface area contributed by atoms with Crippen LogP contribution < -0.4 is 10.6 Å². The maximum absolute atomic E-state index is 12.6. The molecule has 1 aromatic rings. The maximum atomic E-state index is 12.6. The van der Waals surface area contributed by atoms with Crippen LogP contribution in [0.25, 0.3) is 0 Å². The van der Waals surface area contributed by atoms with E-state index in [2.05, 4.69) is 34.5 Å². The first-order chi connectivity index (χ1) is 11.3. The number of aliphatic imine (C=N–C) groups is 1. The summed E-state index contributed by atoms with van der Waals surface area (Å²) < 4.78 is 37.8. The average molecular weight is 362 g/mol. The van der Waals surface area contributed by atoms with E-state index in [-0.39, 0.29) is 6.54 Å². The quantitative estimate of drug-likeness (QED) is 0.628. The fourth-order valence-corrected chi connectivity index (χ4v) is 3.96. The van der Waals surface area contributed by atoms with Crippen LogP contribution in [0.4, 0.5) is 13.2 Å². The minimum absolute atomic E-state index is 0.147. The second-order valence-corrected chi connectivity index (χ2v) is 7.52. The third kappa shape index (κ3) is 5.65. The Hall–Kier alpha value is -1.31. The molecule has 0 radical (unpaired) electrons. The number of hydrogen-bond acceptors (Lipinski definition) is 3. The number of guanidine groups is 1. The van der Waals surface area contributed by atoms with Crippen LogP contribution in [0.1, 0.15) is 50.7 Å². The summed E-state index contributed by atoms with van der Waals surface area (Å²) in [5, 5.41) is 7.98. The zero-order valence-corrected chi connectivity index (χ0v) is 15.1. The molecule has 0 bridgehead atoms. The molecule has 0 spiro atoms. The van der Waals surface area contributed by atoms with Crippen molar-refractivity contribution in [2.75, 3.05) is 6.54 Å². The molecule has 1 heterocycles. The molecule has 0 aliphatic heterocycles. The molecule has 0 amide bonds. The standard InChI is InChI=1S/C16H25F3N4S/c1-4-20-15(22-12-6-10(2)5-11(3)7-12)21-8-14-23-13(9-24-14)16(17,18)19/h9-12H,4-8H2,1-3H3,(H2,20,21,22).